The average Bonchev–Trinajstić information content (AvgIpc) is 2.73. The second-order valence-electron chi connectivity index (χ2n) is 6.46. The van der Waals surface area contributed by atoms with E-state index in [1.807, 2.05) is 72.8 Å². The Labute approximate surface area is 176 Å². The summed E-state index contributed by atoms with van der Waals surface area (Å²) in [5.41, 5.74) is 3.94. The number of ether oxygens (including phenoxy) is 2. The molecule has 28 heavy (non-hydrogen) atoms. The molecule has 0 bridgehead atoms. The van der Waals surface area contributed by atoms with Crippen molar-refractivity contribution in [1.82, 2.24) is 0 Å². The molecule has 0 radical (unpaired) electrons. The first-order valence-corrected chi connectivity index (χ1v) is 10.0. The molecule has 0 saturated heterocycles. The lowest BCUT2D eigenvalue weighted by Gasteiger charge is -2.21. The minimum absolute atomic E-state index is 0.677. The molecule has 0 saturated carbocycles. The van der Waals surface area contributed by atoms with Crippen LogP contribution in [-0.2, 0) is 0 Å². The van der Waals surface area contributed by atoms with Crippen molar-refractivity contribution < 1.29 is 9.47 Å². The van der Waals surface area contributed by atoms with E-state index in [2.05, 4.69) is 28.1 Å². The fraction of sp³-hybridized carbons (Fsp3) is 0. The van der Waals surface area contributed by atoms with Crippen LogP contribution < -0.4 is 9.47 Å². The number of hydrogen-bond acceptors (Lipinski definition) is 2. The number of halogens is 2. The minimum atomic E-state index is 0.677. The summed E-state index contributed by atoms with van der Waals surface area (Å²) in [6, 6.07) is 27.7. The maximum absolute atomic E-state index is 6.85. The molecular weight excluding hydrogens is 436 g/mol. The largest absolute Gasteiger partial charge is 0.450 e. The Morgan fingerprint density at radius 3 is 2.00 bits per heavy atom. The van der Waals surface area contributed by atoms with E-state index in [4.69, 9.17) is 21.1 Å². The lowest BCUT2D eigenvalue weighted by atomic mass is 9.98. The highest BCUT2D eigenvalue weighted by Crippen LogP contribution is 2.48. The second kappa shape index (κ2) is 7.01. The Bertz CT molecular complexity index is 1190. The van der Waals surface area contributed by atoms with Crippen molar-refractivity contribution in [3.05, 3.63) is 94.4 Å². The van der Waals surface area contributed by atoms with Gasteiger partial charge < -0.3 is 9.47 Å². The molecule has 0 spiro atoms. The summed E-state index contributed by atoms with van der Waals surface area (Å²) >= 11 is 10.5. The van der Waals surface area contributed by atoms with Crippen LogP contribution in [0.25, 0.3) is 22.3 Å². The van der Waals surface area contributed by atoms with Crippen LogP contribution in [-0.4, -0.2) is 0 Å². The molecule has 2 nitrogen and oxygen atoms in total. The number of hydrogen-bond donors (Lipinski definition) is 0. The van der Waals surface area contributed by atoms with Gasteiger partial charge in [0, 0.05) is 15.6 Å². The third-order valence-electron chi connectivity index (χ3n) is 4.70. The smallest absolute Gasteiger partial charge is 0.170 e. The van der Waals surface area contributed by atoms with E-state index in [1.54, 1.807) is 0 Å². The summed E-state index contributed by atoms with van der Waals surface area (Å²) in [6.07, 6.45) is 0. The predicted molar refractivity (Wildman–Crippen MR) is 117 cm³/mol. The Morgan fingerprint density at radius 2 is 1.25 bits per heavy atom. The molecule has 0 aliphatic carbocycles. The summed E-state index contributed by atoms with van der Waals surface area (Å²) in [5.74, 6) is 2.80. The van der Waals surface area contributed by atoms with E-state index < -0.39 is 0 Å². The summed E-state index contributed by atoms with van der Waals surface area (Å²) in [4.78, 5) is 0. The Balaban J connectivity index is 1.60. The molecule has 136 valence electrons. The first kappa shape index (κ1) is 17.4. The van der Waals surface area contributed by atoms with Gasteiger partial charge in [-0.2, -0.15) is 0 Å². The molecule has 0 amide bonds. The number of fused-ring (bicyclic) bond motifs is 2. The van der Waals surface area contributed by atoms with Crippen LogP contribution in [0.15, 0.2) is 89.4 Å². The monoisotopic (exact) mass is 448 g/mol. The highest BCUT2D eigenvalue weighted by Gasteiger charge is 2.20. The lowest BCUT2D eigenvalue weighted by molar-refractivity contribution is 0.360. The molecule has 0 fully saturated rings. The van der Waals surface area contributed by atoms with Crippen molar-refractivity contribution in [2.45, 2.75) is 0 Å². The molecule has 4 heteroatoms. The quantitative estimate of drug-likeness (QED) is 0.270. The van der Waals surface area contributed by atoms with Crippen LogP contribution in [0.4, 0.5) is 0 Å². The standard InChI is InChI=1S/C24H14BrClO2/c25-18-12-11-17(24(26)23(18)15-6-2-1-3-7-15)16-10-13-21-22(14-16)28-20-9-5-4-8-19(20)27-21/h1-14H. The van der Waals surface area contributed by atoms with Crippen LogP contribution in [0.5, 0.6) is 23.0 Å². The molecule has 1 heterocycles. The Kier molecular flexibility index (Phi) is 4.34. The van der Waals surface area contributed by atoms with E-state index in [-0.39, 0.29) is 0 Å². The maximum atomic E-state index is 6.85. The van der Waals surface area contributed by atoms with Gasteiger partial charge in [0.05, 0.1) is 5.02 Å². The van der Waals surface area contributed by atoms with E-state index >= 15 is 0 Å². The van der Waals surface area contributed by atoms with Gasteiger partial charge in [0.1, 0.15) is 0 Å². The highest BCUT2D eigenvalue weighted by atomic mass is 79.9. The highest BCUT2D eigenvalue weighted by molar-refractivity contribution is 9.10. The average molecular weight is 450 g/mol. The first-order valence-electron chi connectivity index (χ1n) is 8.83. The summed E-state index contributed by atoms with van der Waals surface area (Å²) in [5, 5.41) is 0.692. The summed E-state index contributed by atoms with van der Waals surface area (Å²) in [6.45, 7) is 0. The third kappa shape index (κ3) is 2.97. The number of rotatable bonds is 2. The van der Waals surface area contributed by atoms with Gasteiger partial charge in [0.2, 0.25) is 0 Å². The predicted octanol–water partition coefficient (Wildman–Crippen LogP) is 8.33. The van der Waals surface area contributed by atoms with Crippen molar-refractivity contribution in [2.75, 3.05) is 0 Å². The second-order valence-corrected chi connectivity index (χ2v) is 7.69. The molecule has 4 aromatic rings. The van der Waals surface area contributed by atoms with Crippen molar-refractivity contribution in [1.29, 1.82) is 0 Å². The van der Waals surface area contributed by atoms with Gasteiger partial charge in [-0.15, -0.1) is 0 Å². The Hall–Kier alpha value is -2.75. The molecule has 1 aliphatic rings. The van der Waals surface area contributed by atoms with Crippen molar-refractivity contribution >= 4 is 27.5 Å². The first-order chi connectivity index (χ1) is 13.7. The molecule has 0 unspecified atom stereocenters. The van der Waals surface area contributed by atoms with Crippen molar-refractivity contribution in [3.63, 3.8) is 0 Å². The zero-order chi connectivity index (χ0) is 19.1. The molecule has 4 aromatic carbocycles. The van der Waals surface area contributed by atoms with Gasteiger partial charge in [-0.05, 0) is 41.5 Å². The topological polar surface area (TPSA) is 18.5 Å². The fourth-order valence-corrected chi connectivity index (χ4v) is 4.40. The van der Waals surface area contributed by atoms with Gasteiger partial charge in [-0.1, -0.05) is 82.1 Å². The number of benzene rings is 4. The van der Waals surface area contributed by atoms with Crippen LogP contribution >= 0.6 is 27.5 Å². The fourth-order valence-electron chi connectivity index (χ4n) is 3.34. The van der Waals surface area contributed by atoms with Crippen LogP contribution in [0.1, 0.15) is 0 Å². The van der Waals surface area contributed by atoms with Gasteiger partial charge in [0.25, 0.3) is 0 Å². The third-order valence-corrected chi connectivity index (χ3v) is 5.75. The van der Waals surface area contributed by atoms with E-state index in [0.29, 0.717) is 22.3 Å². The van der Waals surface area contributed by atoms with E-state index in [0.717, 1.165) is 32.5 Å². The zero-order valence-electron chi connectivity index (χ0n) is 14.7. The van der Waals surface area contributed by atoms with Gasteiger partial charge in [-0.3, -0.25) is 0 Å². The lowest BCUT2D eigenvalue weighted by Crippen LogP contribution is -1.98. The van der Waals surface area contributed by atoms with Crippen molar-refractivity contribution in [2.24, 2.45) is 0 Å². The summed E-state index contributed by atoms with van der Waals surface area (Å²) in [7, 11) is 0. The normalized spacial score (nSPS) is 11.8. The van der Waals surface area contributed by atoms with Crippen molar-refractivity contribution in [3.8, 4) is 45.3 Å². The van der Waals surface area contributed by atoms with Crippen LogP contribution in [0.3, 0.4) is 0 Å². The van der Waals surface area contributed by atoms with Gasteiger partial charge in [0.15, 0.2) is 23.0 Å². The summed E-state index contributed by atoms with van der Waals surface area (Å²) < 4.78 is 12.9. The Morgan fingerprint density at radius 1 is 0.607 bits per heavy atom. The SMILES string of the molecule is Clc1c(-c2ccc3c(c2)Oc2ccccc2O3)ccc(Br)c1-c1ccccc1. The van der Waals surface area contributed by atoms with Crippen LogP contribution in [0, 0.1) is 0 Å². The maximum Gasteiger partial charge on any atom is 0.170 e. The molecule has 0 atom stereocenters. The van der Waals surface area contributed by atoms with E-state index in [9.17, 15) is 0 Å². The zero-order valence-corrected chi connectivity index (χ0v) is 17.0. The molecule has 5 rings (SSSR count). The van der Waals surface area contributed by atoms with Gasteiger partial charge >= 0.3 is 0 Å². The molecule has 0 N–H and O–H groups in total. The van der Waals surface area contributed by atoms with Gasteiger partial charge in [-0.25, -0.2) is 0 Å². The van der Waals surface area contributed by atoms with Crippen LogP contribution in [0.2, 0.25) is 5.02 Å². The molecule has 0 aromatic heterocycles. The molecular formula is C24H14BrClO2. The number of para-hydroxylation sites is 2. The molecule has 1 aliphatic heterocycles. The van der Waals surface area contributed by atoms with E-state index in [1.165, 1.54) is 0 Å². The minimum Gasteiger partial charge on any atom is -0.450 e.